The monoisotopic (exact) mass is 272 g/mol. The van der Waals surface area contributed by atoms with Crippen molar-refractivity contribution in [1.29, 1.82) is 0 Å². The lowest BCUT2D eigenvalue weighted by molar-refractivity contribution is -0.123. The van der Waals surface area contributed by atoms with Crippen LogP contribution in [0, 0.1) is 11.8 Å². The predicted octanol–water partition coefficient (Wildman–Crippen LogP) is 2.19. The van der Waals surface area contributed by atoms with Crippen molar-refractivity contribution < 1.29 is 13.6 Å². The van der Waals surface area contributed by atoms with Crippen LogP contribution in [-0.4, -0.2) is 24.9 Å². The molecule has 0 aliphatic heterocycles. The van der Waals surface area contributed by atoms with Crippen molar-refractivity contribution in [3.8, 4) is 0 Å². The topological polar surface area (TPSA) is 55.1 Å². The van der Waals surface area contributed by atoms with Gasteiger partial charge in [0, 0.05) is 6.42 Å². The number of nitrogens with one attached hydrogen (secondary N) is 1. The van der Waals surface area contributed by atoms with Crippen molar-refractivity contribution >= 4 is 18.3 Å². The van der Waals surface area contributed by atoms with Crippen LogP contribution in [0.3, 0.4) is 0 Å². The molecule has 0 aromatic carbocycles. The van der Waals surface area contributed by atoms with Gasteiger partial charge in [-0.05, 0) is 18.3 Å². The van der Waals surface area contributed by atoms with Gasteiger partial charge in [0.05, 0.1) is 13.1 Å². The zero-order valence-electron chi connectivity index (χ0n) is 10.6. The first kappa shape index (κ1) is 18.9. The molecule has 0 heterocycles. The molecule has 0 aliphatic rings. The van der Waals surface area contributed by atoms with Gasteiger partial charge in [0.25, 0.3) is 5.92 Å². The number of hydrogen-bond acceptors (Lipinski definition) is 2. The molecule has 0 rings (SSSR count). The Morgan fingerprint density at radius 2 is 1.88 bits per heavy atom. The highest BCUT2D eigenvalue weighted by atomic mass is 35.5. The predicted molar refractivity (Wildman–Crippen MR) is 67.5 cm³/mol. The molecule has 0 radical (unpaired) electrons. The molecule has 0 fully saturated rings. The zero-order chi connectivity index (χ0) is 12.8. The molecule has 0 bridgehead atoms. The van der Waals surface area contributed by atoms with Gasteiger partial charge in [-0.2, -0.15) is 0 Å². The minimum atomic E-state index is -3.00. The largest absolute Gasteiger partial charge is 0.350 e. The molecule has 3 N–H and O–H groups in total. The lowest BCUT2D eigenvalue weighted by atomic mass is 9.96. The average Bonchev–Trinajstić information content (AvgIpc) is 2.13. The summed E-state index contributed by atoms with van der Waals surface area (Å²) >= 11 is 0. The number of carbonyl (C=O) groups is 1. The summed E-state index contributed by atoms with van der Waals surface area (Å²) in [5.41, 5.74) is 4.86. The van der Waals surface area contributed by atoms with Crippen LogP contribution in [0.5, 0.6) is 0 Å². The Hall–Kier alpha value is -0.420. The van der Waals surface area contributed by atoms with Gasteiger partial charge in [0.15, 0.2) is 0 Å². The van der Waals surface area contributed by atoms with E-state index in [1.165, 1.54) is 0 Å². The van der Waals surface area contributed by atoms with E-state index in [1.807, 2.05) is 6.92 Å². The Kier molecular flexibility index (Phi) is 9.62. The summed E-state index contributed by atoms with van der Waals surface area (Å²) in [5, 5.41) is 2.21. The second-order valence-corrected chi connectivity index (χ2v) is 4.78. The zero-order valence-corrected chi connectivity index (χ0v) is 11.4. The highest BCUT2D eigenvalue weighted by Gasteiger charge is 2.27. The van der Waals surface area contributed by atoms with E-state index in [2.05, 4.69) is 19.2 Å². The van der Waals surface area contributed by atoms with Crippen LogP contribution in [0.4, 0.5) is 8.78 Å². The van der Waals surface area contributed by atoms with Crippen LogP contribution in [0.1, 0.15) is 33.6 Å². The van der Waals surface area contributed by atoms with E-state index in [0.29, 0.717) is 12.3 Å². The number of halogens is 3. The van der Waals surface area contributed by atoms with E-state index >= 15 is 0 Å². The molecule has 0 aromatic rings. The number of amides is 1. The second-order valence-electron chi connectivity index (χ2n) is 4.78. The van der Waals surface area contributed by atoms with E-state index in [0.717, 1.165) is 6.42 Å². The molecular formula is C11H23ClF2N2O. The summed E-state index contributed by atoms with van der Waals surface area (Å²) in [6.45, 7) is 4.67. The average molecular weight is 273 g/mol. The molecule has 0 saturated heterocycles. The molecule has 1 unspecified atom stereocenters. The summed E-state index contributed by atoms with van der Waals surface area (Å²) in [4.78, 5) is 11.3. The lowest BCUT2D eigenvalue weighted by Crippen LogP contribution is -2.41. The molecule has 6 heteroatoms. The first-order valence-electron chi connectivity index (χ1n) is 5.61. The van der Waals surface area contributed by atoms with Gasteiger partial charge in [0.2, 0.25) is 5.91 Å². The summed E-state index contributed by atoms with van der Waals surface area (Å²) < 4.78 is 25.4. The Morgan fingerprint density at radius 3 is 2.29 bits per heavy atom. The number of nitrogens with two attached hydrogens (primary N) is 1. The Morgan fingerprint density at radius 1 is 1.35 bits per heavy atom. The van der Waals surface area contributed by atoms with Crippen LogP contribution >= 0.6 is 12.4 Å². The fourth-order valence-corrected chi connectivity index (χ4v) is 1.58. The number of rotatable bonds is 7. The quantitative estimate of drug-likeness (QED) is 0.746. The standard InChI is InChI=1S/C11H22F2N2O.ClH/c1-8(2)4-9(3)5-10(16)15-7-11(12,13)6-14;/h8-9H,4-7,14H2,1-3H3,(H,15,16);1H. The molecule has 1 amide bonds. The van der Waals surface area contributed by atoms with Crippen molar-refractivity contribution in [2.45, 2.75) is 39.5 Å². The van der Waals surface area contributed by atoms with E-state index in [1.54, 1.807) is 0 Å². The van der Waals surface area contributed by atoms with Gasteiger partial charge in [-0.15, -0.1) is 12.4 Å². The minimum Gasteiger partial charge on any atom is -0.350 e. The SMILES string of the molecule is CC(C)CC(C)CC(=O)NCC(F)(F)CN.Cl. The number of carbonyl (C=O) groups excluding carboxylic acids is 1. The van der Waals surface area contributed by atoms with Gasteiger partial charge in [-0.1, -0.05) is 20.8 Å². The van der Waals surface area contributed by atoms with Crippen LogP contribution in [0.15, 0.2) is 0 Å². The molecule has 0 aliphatic carbocycles. The van der Waals surface area contributed by atoms with Gasteiger partial charge in [-0.25, -0.2) is 8.78 Å². The number of alkyl halides is 2. The van der Waals surface area contributed by atoms with Crippen molar-refractivity contribution in [2.24, 2.45) is 17.6 Å². The minimum absolute atomic E-state index is 0. The first-order chi connectivity index (χ1) is 7.26. The van der Waals surface area contributed by atoms with Gasteiger partial charge >= 0.3 is 0 Å². The maximum absolute atomic E-state index is 12.7. The van der Waals surface area contributed by atoms with Crippen molar-refractivity contribution in [3.05, 3.63) is 0 Å². The third-order valence-corrected chi connectivity index (χ3v) is 2.25. The summed E-state index contributed by atoms with van der Waals surface area (Å²) in [6, 6.07) is 0. The molecule has 0 aromatic heterocycles. The molecule has 1 atom stereocenters. The van der Waals surface area contributed by atoms with Crippen LogP contribution in [-0.2, 0) is 4.79 Å². The maximum Gasteiger partial charge on any atom is 0.277 e. The van der Waals surface area contributed by atoms with Crippen LogP contribution in [0.25, 0.3) is 0 Å². The molecule has 0 saturated carbocycles. The summed E-state index contributed by atoms with van der Waals surface area (Å²) in [6.07, 6.45) is 1.21. The van der Waals surface area contributed by atoms with E-state index < -0.39 is 19.0 Å². The fourth-order valence-electron chi connectivity index (χ4n) is 1.58. The van der Waals surface area contributed by atoms with Crippen molar-refractivity contribution in [1.82, 2.24) is 5.32 Å². The Balaban J connectivity index is 0. The maximum atomic E-state index is 12.7. The second kappa shape index (κ2) is 8.64. The lowest BCUT2D eigenvalue weighted by Gasteiger charge is -2.17. The van der Waals surface area contributed by atoms with Gasteiger partial charge in [0.1, 0.15) is 0 Å². The molecule has 0 spiro atoms. The third-order valence-electron chi connectivity index (χ3n) is 2.25. The normalized spacial score (nSPS) is 13.1. The summed E-state index contributed by atoms with van der Waals surface area (Å²) in [7, 11) is 0. The molecule has 104 valence electrons. The van der Waals surface area contributed by atoms with E-state index in [9.17, 15) is 13.6 Å². The smallest absolute Gasteiger partial charge is 0.277 e. The van der Waals surface area contributed by atoms with E-state index in [-0.39, 0.29) is 24.2 Å². The van der Waals surface area contributed by atoms with Crippen molar-refractivity contribution in [3.63, 3.8) is 0 Å². The molecular weight excluding hydrogens is 250 g/mol. The highest BCUT2D eigenvalue weighted by molar-refractivity contribution is 5.85. The fraction of sp³-hybridized carbons (Fsp3) is 0.909. The third kappa shape index (κ3) is 10.5. The van der Waals surface area contributed by atoms with Gasteiger partial charge < -0.3 is 11.1 Å². The van der Waals surface area contributed by atoms with Crippen molar-refractivity contribution in [2.75, 3.05) is 13.1 Å². The molecule has 3 nitrogen and oxygen atoms in total. The highest BCUT2D eigenvalue weighted by Crippen LogP contribution is 2.14. The van der Waals surface area contributed by atoms with Crippen LogP contribution < -0.4 is 11.1 Å². The molecule has 17 heavy (non-hydrogen) atoms. The summed E-state index contributed by atoms with van der Waals surface area (Å²) in [5.74, 6) is -2.61. The van der Waals surface area contributed by atoms with Crippen LogP contribution in [0.2, 0.25) is 0 Å². The first-order valence-corrected chi connectivity index (χ1v) is 5.61. The Bertz CT molecular complexity index is 226. The Labute approximate surface area is 108 Å². The van der Waals surface area contributed by atoms with E-state index in [4.69, 9.17) is 5.73 Å². The van der Waals surface area contributed by atoms with Gasteiger partial charge in [-0.3, -0.25) is 4.79 Å². The number of hydrogen-bond donors (Lipinski definition) is 2.